The average Bonchev–Trinajstić information content (AvgIpc) is 3.10. The lowest BCUT2D eigenvalue weighted by Gasteiger charge is -2.26. The third-order valence-electron chi connectivity index (χ3n) is 5.54. The molecule has 0 atom stereocenters. The number of sulfone groups is 1. The smallest absolute Gasteiger partial charge is 0.228 e. The Morgan fingerprint density at radius 1 is 1.21 bits per heavy atom. The van der Waals surface area contributed by atoms with Gasteiger partial charge in [0.25, 0.3) is 0 Å². The Morgan fingerprint density at radius 3 is 2.66 bits per heavy atom. The van der Waals surface area contributed by atoms with Crippen LogP contribution in [0.15, 0.2) is 35.6 Å². The SMILES string of the molecule is Cc1cccc(CS(=O)(=O)c2ncc(CNCCN(C)C)n2C2CCCCC2)c1. The largest absolute Gasteiger partial charge is 0.315 e. The molecule has 0 saturated heterocycles. The van der Waals surface area contributed by atoms with E-state index in [0.717, 1.165) is 55.6 Å². The van der Waals surface area contributed by atoms with E-state index in [1.807, 2.05) is 49.9 Å². The first-order chi connectivity index (χ1) is 13.9. The van der Waals surface area contributed by atoms with Crippen molar-refractivity contribution in [2.24, 2.45) is 0 Å². The first-order valence-electron chi connectivity index (χ1n) is 10.6. The molecule has 0 bridgehead atoms. The lowest BCUT2D eigenvalue weighted by Crippen LogP contribution is -2.28. The number of aromatic nitrogens is 2. The fraction of sp³-hybridized carbons (Fsp3) is 0.591. The molecular weight excluding hydrogens is 384 g/mol. The standard InChI is InChI=1S/C22H34N4O2S/c1-18-8-7-9-19(14-18)17-29(27,28)22-24-16-21(15-23-12-13-25(2)3)26(22)20-10-5-4-6-11-20/h7-9,14,16,20,23H,4-6,10-13,15,17H2,1-3H3. The predicted octanol–water partition coefficient (Wildman–Crippen LogP) is 3.32. The van der Waals surface area contributed by atoms with Gasteiger partial charge in [0, 0.05) is 25.7 Å². The van der Waals surface area contributed by atoms with Crippen molar-refractivity contribution in [1.82, 2.24) is 19.8 Å². The van der Waals surface area contributed by atoms with Crippen LogP contribution >= 0.6 is 0 Å². The summed E-state index contributed by atoms with van der Waals surface area (Å²) in [5.41, 5.74) is 2.85. The Balaban J connectivity index is 1.86. The molecule has 3 rings (SSSR count). The lowest BCUT2D eigenvalue weighted by molar-refractivity contribution is 0.324. The fourth-order valence-corrected chi connectivity index (χ4v) is 5.60. The number of imidazole rings is 1. The van der Waals surface area contributed by atoms with Gasteiger partial charge in [-0.05, 0) is 39.4 Å². The summed E-state index contributed by atoms with van der Waals surface area (Å²) in [4.78, 5) is 6.55. The van der Waals surface area contributed by atoms with Crippen molar-refractivity contribution in [3.8, 4) is 0 Å². The molecule has 29 heavy (non-hydrogen) atoms. The molecular formula is C22H34N4O2S. The summed E-state index contributed by atoms with van der Waals surface area (Å²) in [7, 11) is 0.574. The highest BCUT2D eigenvalue weighted by atomic mass is 32.2. The van der Waals surface area contributed by atoms with Gasteiger partial charge in [-0.15, -0.1) is 0 Å². The summed E-state index contributed by atoms with van der Waals surface area (Å²) in [5.74, 6) is -0.00802. The van der Waals surface area contributed by atoms with E-state index in [4.69, 9.17) is 0 Å². The molecule has 6 nitrogen and oxygen atoms in total. The van der Waals surface area contributed by atoms with Gasteiger partial charge in [-0.2, -0.15) is 0 Å². The van der Waals surface area contributed by atoms with Gasteiger partial charge < -0.3 is 14.8 Å². The summed E-state index contributed by atoms with van der Waals surface area (Å²) in [6.07, 6.45) is 7.32. The van der Waals surface area contributed by atoms with Gasteiger partial charge >= 0.3 is 0 Å². The second-order valence-corrected chi connectivity index (χ2v) is 10.3. The van der Waals surface area contributed by atoms with E-state index in [0.29, 0.717) is 6.54 Å². The minimum absolute atomic E-state index is 0.00802. The zero-order valence-electron chi connectivity index (χ0n) is 17.9. The molecule has 1 aromatic heterocycles. The topological polar surface area (TPSA) is 67.2 Å². The molecule has 1 heterocycles. The zero-order valence-corrected chi connectivity index (χ0v) is 18.7. The van der Waals surface area contributed by atoms with Crippen LogP contribution in [0.1, 0.15) is 55.0 Å². The van der Waals surface area contributed by atoms with Crippen molar-refractivity contribution in [1.29, 1.82) is 0 Å². The monoisotopic (exact) mass is 418 g/mol. The summed E-state index contributed by atoms with van der Waals surface area (Å²) in [5, 5.41) is 3.67. The van der Waals surface area contributed by atoms with Gasteiger partial charge in [0.2, 0.25) is 15.0 Å². The van der Waals surface area contributed by atoms with Crippen LogP contribution in [-0.4, -0.2) is 50.1 Å². The summed E-state index contributed by atoms with van der Waals surface area (Å²) >= 11 is 0. The quantitative estimate of drug-likeness (QED) is 0.633. The Morgan fingerprint density at radius 2 is 1.97 bits per heavy atom. The zero-order chi connectivity index (χ0) is 20.9. The van der Waals surface area contributed by atoms with Crippen LogP contribution in [0.3, 0.4) is 0 Å². The van der Waals surface area contributed by atoms with E-state index in [2.05, 4.69) is 15.2 Å². The van der Waals surface area contributed by atoms with Crippen LogP contribution in [0, 0.1) is 6.92 Å². The molecule has 0 spiro atoms. The van der Waals surface area contributed by atoms with E-state index < -0.39 is 9.84 Å². The Bertz CT molecular complexity index is 899. The molecule has 1 N–H and O–H groups in total. The first-order valence-corrected chi connectivity index (χ1v) is 12.2. The van der Waals surface area contributed by atoms with Crippen molar-refractivity contribution in [2.45, 2.75) is 62.5 Å². The Labute approximate surface area is 175 Å². The summed E-state index contributed by atoms with van der Waals surface area (Å²) in [6.45, 7) is 4.41. The maximum atomic E-state index is 13.3. The van der Waals surface area contributed by atoms with E-state index in [-0.39, 0.29) is 17.0 Å². The number of benzene rings is 1. The third-order valence-corrected chi connectivity index (χ3v) is 7.11. The highest BCUT2D eigenvalue weighted by Crippen LogP contribution is 2.32. The van der Waals surface area contributed by atoms with Crippen molar-refractivity contribution < 1.29 is 8.42 Å². The molecule has 0 amide bonds. The van der Waals surface area contributed by atoms with Crippen molar-refractivity contribution in [3.63, 3.8) is 0 Å². The van der Waals surface area contributed by atoms with Gasteiger partial charge in [-0.25, -0.2) is 13.4 Å². The van der Waals surface area contributed by atoms with E-state index >= 15 is 0 Å². The molecule has 1 aliphatic rings. The minimum atomic E-state index is -3.52. The normalized spacial score (nSPS) is 15.9. The highest BCUT2D eigenvalue weighted by molar-refractivity contribution is 7.90. The number of nitrogens with zero attached hydrogens (tertiary/aromatic N) is 3. The van der Waals surface area contributed by atoms with Gasteiger partial charge in [0.1, 0.15) is 0 Å². The fourth-order valence-electron chi connectivity index (χ4n) is 4.07. The van der Waals surface area contributed by atoms with Crippen LogP contribution in [0.5, 0.6) is 0 Å². The third kappa shape index (κ3) is 5.90. The molecule has 1 aliphatic carbocycles. The molecule has 0 aliphatic heterocycles. The number of rotatable bonds is 9. The molecule has 2 aromatic rings. The Hall–Kier alpha value is -1.70. The second-order valence-electron chi connectivity index (χ2n) is 8.42. The van der Waals surface area contributed by atoms with Crippen LogP contribution in [0.2, 0.25) is 0 Å². The average molecular weight is 419 g/mol. The van der Waals surface area contributed by atoms with Crippen molar-refractivity contribution in [2.75, 3.05) is 27.2 Å². The Kier molecular flexibility index (Phi) is 7.49. The summed E-state index contributed by atoms with van der Waals surface area (Å²) in [6, 6.07) is 7.93. The van der Waals surface area contributed by atoms with Crippen LogP contribution in [0.4, 0.5) is 0 Å². The van der Waals surface area contributed by atoms with Gasteiger partial charge in [-0.3, -0.25) is 0 Å². The second kappa shape index (κ2) is 9.87. The van der Waals surface area contributed by atoms with Crippen LogP contribution in [0.25, 0.3) is 0 Å². The first kappa shape index (κ1) is 22.0. The number of nitrogens with one attached hydrogen (secondary N) is 1. The van der Waals surface area contributed by atoms with Crippen LogP contribution < -0.4 is 5.32 Å². The van der Waals surface area contributed by atoms with Crippen molar-refractivity contribution in [3.05, 3.63) is 47.3 Å². The van der Waals surface area contributed by atoms with Gasteiger partial charge in [0.05, 0.1) is 17.6 Å². The maximum absolute atomic E-state index is 13.3. The van der Waals surface area contributed by atoms with E-state index in [9.17, 15) is 8.42 Å². The van der Waals surface area contributed by atoms with Gasteiger partial charge in [0.15, 0.2) is 0 Å². The van der Waals surface area contributed by atoms with Gasteiger partial charge in [-0.1, -0.05) is 49.1 Å². The minimum Gasteiger partial charge on any atom is -0.315 e. The number of hydrogen-bond donors (Lipinski definition) is 1. The predicted molar refractivity (Wildman–Crippen MR) is 117 cm³/mol. The summed E-state index contributed by atoms with van der Waals surface area (Å²) < 4.78 is 28.6. The van der Waals surface area contributed by atoms with E-state index in [1.165, 1.54) is 6.42 Å². The molecule has 7 heteroatoms. The lowest BCUT2D eigenvalue weighted by atomic mass is 9.95. The molecule has 1 aromatic carbocycles. The number of aryl methyl sites for hydroxylation is 1. The van der Waals surface area contributed by atoms with Crippen LogP contribution in [-0.2, 0) is 22.1 Å². The molecule has 0 radical (unpaired) electrons. The number of likely N-dealkylation sites (N-methyl/N-ethyl adjacent to an activating group) is 1. The maximum Gasteiger partial charge on any atom is 0.228 e. The highest BCUT2D eigenvalue weighted by Gasteiger charge is 2.28. The molecule has 1 fully saturated rings. The molecule has 1 saturated carbocycles. The molecule has 160 valence electrons. The van der Waals surface area contributed by atoms with E-state index in [1.54, 1.807) is 6.20 Å². The van der Waals surface area contributed by atoms with Crippen molar-refractivity contribution >= 4 is 9.84 Å². The molecule has 0 unspecified atom stereocenters. The number of hydrogen-bond acceptors (Lipinski definition) is 5.